The molecule has 0 aromatic carbocycles. The van der Waals surface area contributed by atoms with Gasteiger partial charge in [0.05, 0.1) is 6.61 Å². The Morgan fingerprint density at radius 2 is 2.06 bits per heavy atom. The van der Waals surface area contributed by atoms with Gasteiger partial charge in [0.25, 0.3) is 0 Å². The lowest BCUT2D eigenvalue weighted by molar-refractivity contribution is 0.185. The fraction of sp³-hybridized carbons (Fsp3) is 0.733. The van der Waals surface area contributed by atoms with E-state index in [1.807, 2.05) is 0 Å². The van der Waals surface area contributed by atoms with Crippen molar-refractivity contribution in [1.82, 2.24) is 0 Å². The highest BCUT2D eigenvalue weighted by molar-refractivity contribution is 5.20. The van der Waals surface area contributed by atoms with Gasteiger partial charge in [0.15, 0.2) is 0 Å². The molecule has 0 spiro atoms. The highest BCUT2D eigenvalue weighted by Crippen LogP contribution is 2.44. The van der Waals surface area contributed by atoms with Crippen LogP contribution in [0.1, 0.15) is 41.0 Å². The van der Waals surface area contributed by atoms with Gasteiger partial charge in [0, 0.05) is 0 Å². The van der Waals surface area contributed by atoms with Crippen molar-refractivity contribution in [3.8, 4) is 0 Å². The zero-order valence-corrected chi connectivity index (χ0v) is 11.4. The summed E-state index contributed by atoms with van der Waals surface area (Å²) in [5, 5.41) is 9.38. The van der Waals surface area contributed by atoms with Crippen molar-refractivity contribution in [1.29, 1.82) is 0 Å². The van der Waals surface area contributed by atoms with E-state index in [0.29, 0.717) is 17.8 Å². The van der Waals surface area contributed by atoms with E-state index in [-0.39, 0.29) is 12.0 Å². The predicted molar refractivity (Wildman–Crippen MR) is 70.2 cm³/mol. The summed E-state index contributed by atoms with van der Waals surface area (Å²) in [6.07, 6.45) is 3.43. The molecule has 16 heavy (non-hydrogen) atoms. The first-order chi connectivity index (χ1) is 7.27. The standard InChI is InChI=1S/C15H26O/c1-10(2)13-7-11(3)12(9-16)8-14(13)15(4,5)6/h8,11,13-14,16H,1,7,9H2,2-6H3. The summed E-state index contributed by atoms with van der Waals surface area (Å²) in [5.74, 6) is 1.55. The Morgan fingerprint density at radius 3 is 2.44 bits per heavy atom. The molecule has 92 valence electrons. The summed E-state index contributed by atoms with van der Waals surface area (Å²) in [6, 6.07) is 0. The number of hydrogen-bond donors (Lipinski definition) is 1. The molecular formula is C15H26O. The largest absolute Gasteiger partial charge is 0.392 e. The third-order valence-corrected chi connectivity index (χ3v) is 3.88. The van der Waals surface area contributed by atoms with Crippen LogP contribution in [0.5, 0.6) is 0 Å². The van der Waals surface area contributed by atoms with Gasteiger partial charge >= 0.3 is 0 Å². The van der Waals surface area contributed by atoms with Crippen LogP contribution >= 0.6 is 0 Å². The van der Waals surface area contributed by atoms with Gasteiger partial charge in [-0.05, 0) is 42.1 Å². The number of hydrogen-bond acceptors (Lipinski definition) is 1. The van der Waals surface area contributed by atoms with Gasteiger partial charge in [-0.3, -0.25) is 0 Å². The first-order valence-electron chi connectivity index (χ1n) is 6.24. The van der Waals surface area contributed by atoms with Crippen LogP contribution in [0.2, 0.25) is 0 Å². The minimum absolute atomic E-state index is 0.205. The van der Waals surface area contributed by atoms with Crippen LogP contribution in [0.3, 0.4) is 0 Å². The van der Waals surface area contributed by atoms with E-state index in [1.54, 1.807) is 0 Å². The molecule has 0 amide bonds. The summed E-state index contributed by atoms with van der Waals surface area (Å²) < 4.78 is 0. The van der Waals surface area contributed by atoms with Crippen LogP contribution in [-0.2, 0) is 0 Å². The van der Waals surface area contributed by atoms with Gasteiger partial charge in [-0.15, -0.1) is 0 Å². The van der Waals surface area contributed by atoms with Crippen LogP contribution in [-0.4, -0.2) is 11.7 Å². The van der Waals surface area contributed by atoms with E-state index in [0.717, 1.165) is 6.42 Å². The van der Waals surface area contributed by atoms with Crippen LogP contribution in [0.4, 0.5) is 0 Å². The fourth-order valence-corrected chi connectivity index (χ4v) is 2.76. The zero-order chi connectivity index (χ0) is 12.5. The topological polar surface area (TPSA) is 20.2 Å². The minimum atomic E-state index is 0.205. The van der Waals surface area contributed by atoms with Crippen molar-refractivity contribution in [2.75, 3.05) is 6.61 Å². The molecule has 1 heteroatoms. The molecule has 1 nitrogen and oxygen atoms in total. The molecule has 0 fully saturated rings. The van der Waals surface area contributed by atoms with Gasteiger partial charge in [0.2, 0.25) is 0 Å². The number of aliphatic hydroxyl groups excluding tert-OH is 1. The summed E-state index contributed by atoms with van der Waals surface area (Å²) in [6.45, 7) is 15.5. The lowest BCUT2D eigenvalue weighted by atomic mass is 9.64. The van der Waals surface area contributed by atoms with Crippen LogP contribution in [0, 0.1) is 23.2 Å². The van der Waals surface area contributed by atoms with E-state index >= 15 is 0 Å². The maximum atomic E-state index is 9.38. The van der Waals surface area contributed by atoms with Crippen molar-refractivity contribution >= 4 is 0 Å². The summed E-state index contributed by atoms with van der Waals surface area (Å²) in [5.41, 5.74) is 2.72. The van der Waals surface area contributed by atoms with Crippen LogP contribution in [0.25, 0.3) is 0 Å². The quantitative estimate of drug-likeness (QED) is 0.705. The molecule has 0 saturated carbocycles. The lowest BCUT2D eigenvalue weighted by Crippen LogP contribution is -2.33. The Morgan fingerprint density at radius 1 is 1.50 bits per heavy atom. The number of rotatable bonds is 2. The molecule has 0 heterocycles. The first-order valence-corrected chi connectivity index (χ1v) is 6.24. The average molecular weight is 222 g/mol. The fourth-order valence-electron chi connectivity index (χ4n) is 2.76. The molecular weight excluding hydrogens is 196 g/mol. The highest BCUT2D eigenvalue weighted by Gasteiger charge is 2.35. The second-order valence-corrected chi connectivity index (χ2v) is 6.38. The third-order valence-electron chi connectivity index (χ3n) is 3.88. The maximum absolute atomic E-state index is 9.38. The molecule has 3 unspecified atom stereocenters. The Kier molecular flexibility index (Phi) is 4.01. The van der Waals surface area contributed by atoms with E-state index in [2.05, 4.69) is 47.3 Å². The zero-order valence-electron chi connectivity index (χ0n) is 11.4. The minimum Gasteiger partial charge on any atom is -0.392 e. The van der Waals surface area contributed by atoms with Crippen LogP contribution in [0.15, 0.2) is 23.8 Å². The first kappa shape index (κ1) is 13.5. The smallest absolute Gasteiger partial charge is 0.0644 e. The van der Waals surface area contributed by atoms with Crippen LogP contribution < -0.4 is 0 Å². The average Bonchev–Trinajstić information content (AvgIpc) is 2.15. The van der Waals surface area contributed by atoms with E-state index in [9.17, 15) is 5.11 Å². The van der Waals surface area contributed by atoms with Crippen molar-refractivity contribution in [2.45, 2.75) is 41.0 Å². The summed E-state index contributed by atoms with van der Waals surface area (Å²) in [4.78, 5) is 0. The monoisotopic (exact) mass is 222 g/mol. The second kappa shape index (κ2) is 4.75. The maximum Gasteiger partial charge on any atom is 0.0644 e. The molecule has 0 aliphatic heterocycles. The molecule has 0 radical (unpaired) electrons. The Hall–Kier alpha value is -0.560. The van der Waals surface area contributed by atoms with Gasteiger partial charge in [-0.2, -0.15) is 0 Å². The van der Waals surface area contributed by atoms with Gasteiger partial charge in [-0.25, -0.2) is 0 Å². The van der Waals surface area contributed by atoms with Crippen molar-refractivity contribution in [3.05, 3.63) is 23.8 Å². The Labute approximate surface area is 100 Å². The van der Waals surface area contributed by atoms with E-state index < -0.39 is 0 Å². The predicted octanol–water partition coefficient (Wildman–Crippen LogP) is 3.80. The molecule has 1 aliphatic rings. The van der Waals surface area contributed by atoms with Gasteiger partial charge < -0.3 is 5.11 Å². The molecule has 1 rings (SSSR count). The van der Waals surface area contributed by atoms with Gasteiger partial charge in [-0.1, -0.05) is 45.9 Å². The SMILES string of the molecule is C=C(C)C1CC(C)C(CO)=CC1C(C)(C)C. The second-order valence-electron chi connectivity index (χ2n) is 6.38. The normalized spacial score (nSPS) is 31.1. The summed E-state index contributed by atoms with van der Waals surface area (Å²) in [7, 11) is 0. The molecule has 0 saturated heterocycles. The summed E-state index contributed by atoms with van der Waals surface area (Å²) >= 11 is 0. The molecule has 1 aliphatic carbocycles. The van der Waals surface area contributed by atoms with Crippen molar-refractivity contribution < 1.29 is 5.11 Å². The molecule has 0 aromatic rings. The van der Waals surface area contributed by atoms with E-state index in [1.165, 1.54) is 11.1 Å². The molecule has 1 N–H and O–H groups in total. The van der Waals surface area contributed by atoms with Crippen molar-refractivity contribution in [3.63, 3.8) is 0 Å². The number of allylic oxidation sites excluding steroid dienone is 2. The number of aliphatic hydroxyl groups is 1. The highest BCUT2D eigenvalue weighted by atomic mass is 16.3. The Balaban J connectivity index is 3.07. The molecule has 0 bridgehead atoms. The Bertz CT molecular complexity index is 293. The molecule has 3 atom stereocenters. The molecule has 0 aromatic heterocycles. The lowest BCUT2D eigenvalue weighted by Gasteiger charge is -2.41. The van der Waals surface area contributed by atoms with Crippen molar-refractivity contribution in [2.24, 2.45) is 23.2 Å². The third kappa shape index (κ3) is 2.76. The van der Waals surface area contributed by atoms with Gasteiger partial charge in [0.1, 0.15) is 0 Å². The van der Waals surface area contributed by atoms with E-state index in [4.69, 9.17) is 0 Å².